The number of hydrogen-bond acceptors (Lipinski definition) is 5. The molecule has 0 unspecified atom stereocenters. The number of carbonyl (C=O) groups excluding carboxylic acids is 1. The van der Waals surface area contributed by atoms with Gasteiger partial charge in [0.2, 0.25) is 15.9 Å². The number of sulfonamides is 1. The highest BCUT2D eigenvalue weighted by Crippen LogP contribution is 2.28. The number of hydrogen-bond donors (Lipinski definition) is 2. The van der Waals surface area contributed by atoms with E-state index < -0.39 is 10.0 Å². The van der Waals surface area contributed by atoms with Crippen LogP contribution in [0.3, 0.4) is 0 Å². The highest BCUT2D eigenvalue weighted by molar-refractivity contribution is 7.89. The fourth-order valence-electron chi connectivity index (χ4n) is 1.59. The van der Waals surface area contributed by atoms with Crippen molar-refractivity contribution in [2.24, 2.45) is 0 Å². The van der Waals surface area contributed by atoms with Crippen LogP contribution in [-0.4, -0.2) is 46.5 Å². The molecule has 0 spiro atoms. The first-order valence-corrected chi connectivity index (χ1v) is 7.89. The molecule has 1 amide bonds. The number of likely N-dealkylation sites (N-methyl/N-ethyl adjacent to an activating group) is 1. The van der Waals surface area contributed by atoms with Gasteiger partial charge in [-0.15, -0.1) is 0 Å². The average molecular weight is 315 g/mol. The number of amides is 1. The van der Waals surface area contributed by atoms with E-state index in [0.717, 1.165) is 0 Å². The summed E-state index contributed by atoms with van der Waals surface area (Å²) >= 11 is 0. The minimum atomic E-state index is -3.88. The van der Waals surface area contributed by atoms with Gasteiger partial charge in [0.1, 0.15) is 10.6 Å². The minimum Gasteiger partial charge on any atom is -0.495 e. The predicted molar refractivity (Wildman–Crippen MR) is 80.6 cm³/mol. The number of ether oxygens (including phenoxy) is 1. The summed E-state index contributed by atoms with van der Waals surface area (Å²) in [7, 11) is -0.908. The fourth-order valence-corrected chi connectivity index (χ4v) is 2.75. The molecule has 0 fully saturated rings. The first-order chi connectivity index (χ1) is 9.72. The summed E-state index contributed by atoms with van der Waals surface area (Å²) in [5.74, 6) is -0.134. The summed E-state index contributed by atoms with van der Waals surface area (Å²) in [6, 6.07) is 2.87. The van der Waals surface area contributed by atoms with Crippen LogP contribution in [0.15, 0.2) is 17.0 Å². The van der Waals surface area contributed by atoms with Crippen molar-refractivity contribution >= 4 is 21.6 Å². The number of methoxy groups -OCH3 is 1. The molecule has 118 valence electrons. The molecule has 0 radical (unpaired) electrons. The Labute approximate surface area is 125 Å². The molecule has 0 atom stereocenters. The SMILES string of the molecule is CCN(C)C(=O)CNS(=O)(=O)c1cc(N)c(C)cc1OC. The number of anilines is 1. The van der Waals surface area contributed by atoms with E-state index in [0.29, 0.717) is 17.8 Å². The summed E-state index contributed by atoms with van der Waals surface area (Å²) in [5, 5.41) is 0. The summed E-state index contributed by atoms with van der Waals surface area (Å²) < 4.78 is 31.9. The number of nitrogens with one attached hydrogen (secondary N) is 1. The lowest BCUT2D eigenvalue weighted by Gasteiger charge is -2.16. The monoisotopic (exact) mass is 315 g/mol. The van der Waals surface area contributed by atoms with Crippen molar-refractivity contribution in [3.05, 3.63) is 17.7 Å². The third-order valence-electron chi connectivity index (χ3n) is 3.16. The molecule has 0 aliphatic heterocycles. The number of nitrogens with zero attached hydrogens (tertiary/aromatic N) is 1. The van der Waals surface area contributed by atoms with Crippen LogP contribution in [0.25, 0.3) is 0 Å². The zero-order chi connectivity index (χ0) is 16.2. The van der Waals surface area contributed by atoms with Crippen LogP contribution in [0, 0.1) is 6.92 Å². The summed E-state index contributed by atoms with van der Waals surface area (Å²) in [5.41, 5.74) is 6.80. The predicted octanol–water partition coefficient (Wildman–Crippen LogP) is 0.342. The topological polar surface area (TPSA) is 102 Å². The average Bonchev–Trinajstić information content (AvgIpc) is 2.46. The van der Waals surface area contributed by atoms with Gasteiger partial charge in [-0.2, -0.15) is 0 Å². The van der Waals surface area contributed by atoms with Crippen LogP contribution in [0.4, 0.5) is 5.69 Å². The van der Waals surface area contributed by atoms with Crippen molar-refractivity contribution in [1.82, 2.24) is 9.62 Å². The van der Waals surface area contributed by atoms with Crippen LogP contribution >= 0.6 is 0 Å². The van der Waals surface area contributed by atoms with E-state index in [-0.39, 0.29) is 23.1 Å². The zero-order valence-electron chi connectivity index (χ0n) is 12.6. The third-order valence-corrected chi connectivity index (χ3v) is 4.58. The normalized spacial score (nSPS) is 11.2. The second-order valence-electron chi connectivity index (χ2n) is 4.59. The Hall–Kier alpha value is -1.80. The van der Waals surface area contributed by atoms with Crippen LogP contribution in [0.5, 0.6) is 5.75 Å². The van der Waals surface area contributed by atoms with E-state index in [4.69, 9.17) is 10.5 Å². The number of nitrogens with two attached hydrogens (primary N) is 1. The number of benzene rings is 1. The molecule has 3 N–H and O–H groups in total. The lowest BCUT2D eigenvalue weighted by atomic mass is 10.2. The molecule has 1 aromatic rings. The number of carbonyl (C=O) groups is 1. The van der Waals surface area contributed by atoms with Gasteiger partial charge in [-0.25, -0.2) is 13.1 Å². The Morgan fingerprint density at radius 2 is 2.05 bits per heavy atom. The van der Waals surface area contributed by atoms with Gasteiger partial charge >= 0.3 is 0 Å². The molecule has 0 aliphatic rings. The van der Waals surface area contributed by atoms with E-state index in [1.165, 1.54) is 18.1 Å². The van der Waals surface area contributed by atoms with Crippen LogP contribution in [0.2, 0.25) is 0 Å². The molecule has 21 heavy (non-hydrogen) atoms. The van der Waals surface area contributed by atoms with Crippen molar-refractivity contribution in [3.8, 4) is 5.75 Å². The minimum absolute atomic E-state index is 0.0833. The van der Waals surface area contributed by atoms with Crippen LogP contribution in [-0.2, 0) is 14.8 Å². The summed E-state index contributed by atoms with van der Waals surface area (Å²) in [6.45, 7) is 3.74. The molecular weight excluding hydrogens is 294 g/mol. The fraction of sp³-hybridized carbons (Fsp3) is 0.462. The zero-order valence-corrected chi connectivity index (χ0v) is 13.5. The Balaban J connectivity index is 3.03. The Morgan fingerprint density at radius 3 is 2.57 bits per heavy atom. The molecule has 0 heterocycles. The van der Waals surface area contributed by atoms with Crippen LogP contribution in [0.1, 0.15) is 12.5 Å². The molecule has 0 saturated heterocycles. The number of rotatable bonds is 6. The van der Waals surface area contributed by atoms with Crippen molar-refractivity contribution < 1.29 is 17.9 Å². The lowest BCUT2D eigenvalue weighted by molar-refractivity contribution is -0.128. The summed E-state index contributed by atoms with van der Waals surface area (Å²) in [4.78, 5) is 13.0. The Kier molecular flexibility index (Phi) is 5.56. The van der Waals surface area contributed by atoms with E-state index in [1.54, 1.807) is 27.0 Å². The highest BCUT2D eigenvalue weighted by atomic mass is 32.2. The van der Waals surface area contributed by atoms with Crippen molar-refractivity contribution in [1.29, 1.82) is 0 Å². The quantitative estimate of drug-likeness (QED) is 0.737. The third kappa shape index (κ3) is 4.08. The molecule has 1 rings (SSSR count). The molecule has 0 aliphatic carbocycles. The smallest absolute Gasteiger partial charge is 0.244 e. The molecular formula is C13H21N3O4S. The largest absolute Gasteiger partial charge is 0.495 e. The van der Waals surface area contributed by atoms with Crippen molar-refractivity contribution in [3.63, 3.8) is 0 Å². The Bertz CT molecular complexity index is 629. The molecule has 7 nitrogen and oxygen atoms in total. The van der Waals surface area contributed by atoms with E-state index >= 15 is 0 Å². The maximum absolute atomic E-state index is 12.3. The van der Waals surface area contributed by atoms with Gasteiger partial charge in [0, 0.05) is 19.3 Å². The van der Waals surface area contributed by atoms with Gasteiger partial charge in [0.05, 0.1) is 13.7 Å². The number of aryl methyl sites for hydroxylation is 1. The van der Waals surface area contributed by atoms with Crippen LogP contribution < -0.4 is 15.2 Å². The second kappa shape index (κ2) is 6.77. The van der Waals surface area contributed by atoms with Gasteiger partial charge in [0.25, 0.3) is 0 Å². The molecule has 0 bridgehead atoms. The number of nitrogen functional groups attached to an aromatic ring is 1. The van der Waals surface area contributed by atoms with Gasteiger partial charge in [-0.1, -0.05) is 0 Å². The molecule has 8 heteroatoms. The van der Waals surface area contributed by atoms with Gasteiger partial charge in [-0.05, 0) is 31.5 Å². The standard InChI is InChI=1S/C13H21N3O4S/c1-5-16(3)13(17)8-15-21(18,19)12-7-10(14)9(2)6-11(12)20-4/h6-7,15H,5,8,14H2,1-4H3. The maximum atomic E-state index is 12.3. The molecule has 0 aromatic heterocycles. The Morgan fingerprint density at radius 1 is 1.43 bits per heavy atom. The van der Waals surface area contributed by atoms with Gasteiger partial charge in [-0.3, -0.25) is 4.79 Å². The van der Waals surface area contributed by atoms with Crippen molar-refractivity contribution in [2.45, 2.75) is 18.7 Å². The first-order valence-electron chi connectivity index (χ1n) is 6.40. The van der Waals surface area contributed by atoms with E-state index in [2.05, 4.69) is 4.72 Å². The van der Waals surface area contributed by atoms with Gasteiger partial charge < -0.3 is 15.4 Å². The van der Waals surface area contributed by atoms with E-state index in [1.807, 2.05) is 0 Å². The lowest BCUT2D eigenvalue weighted by Crippen LogP contribution is -2.38. The molecule has 1 aromatic carbocycles. The second-order valence-corrected chi connectivity index (χ2v) is 6.33. The first kappa shape index (κ1) is 17.3. The van der Waals surface area contributed by atoms with E-state index in [9.17, 15) is 13.2 Å². The highest BCUT2D eigenvalue weighted by Gasteiger charge is 2.22. The maximum Gasteiger partial charge on any atom is 0.244 e. The van der Waals surface area contributed by atoms with Gasteiger partial charge in [0.15, 0.2) is 0 Å². The van der Waals surface area contributed by atoms with Crippen molar-refractivity contribution in [2.75, 3.05) is 33.0 Å². The summed E-state index contributed by atoms with van der Waals surface area (Å²) in [6.07, 6.45) is 0. The molecule has 0 saturated carbocycles.